The van der Waals surface area contributed by atoms with Crippen LogP contribution in [0.5, 0.6) is 0 Å². The largest absolute Gasteiger partial charge is 0.480 e. The molecule has 0 radical (unpaired) electrons. The third kappa shape index (κ3) is 2.49. The lowest BCUT2D eigenvalue weighted by atomic mass is 9.91. The van der Waals surface area contributed by atoms with Gasteiger partial charge in [0.2, 0.25) is 0 Å². The van der Waals surface area contributed by atoms with Crippen molar-refractivity contribution in [1.82, 2.24) is 4.90 Å². The molecule has 1 unspecified atom stereocenters. The zero-order chi connectivity index (χ0) is 10.7. The Morgan fingerprint density at radius 1 is 1.27 bits per heavy atom. The number of likely N-dealkylation sites (tertiary alicyclic amines) is 1. The summed E-state index contributed by atoms with van der Waals surface area (Å²) in [5, 5.41) is 9.30. The molecule has 4 nitrogen and oxygen atoms in total. The van der Waals surface area contributed by atoms with E-state index in [1.807, 2.05) is 0 Å². The monoisotopic (exact) mass is 213 g/mol. The van der Waals surface area contributed by atoms with E-state index in [0.29, 0.717) is 0 Å². The van der Waals surface area contributed by atoms with Crippen LogP contribution < -0.4 is 0 Å². The van der Waals surface area contributed by atoms with Crippen molar-refractivity contribution < 1.29 is 14.6 Å². The van der Waals surface area contributed by atoms with E-state index in [-0.39, 0.29) is 12.0 Å². The molecular formula is C11H19NO3. The maximum atomic E-state index is 11.3. The second-order valence-corrected chi connectivity index (χ2v) is 4.48. The zero-order valence-electron chi connectivity index (χ0n) is 9.02. The number of hydrogen-bond acceptors (Lipinski definition) is 3. The lowest BCUT2D eigenvalue weighted by Crippen LogP contribution is -2.46. The normalized spacial score (nSPS) is 26.7. The highest BCUT2D eigenvalue weighted by Crippen LogP contribution is 2.25. The second-order valence-electron chi connectivity index (χ2n) is 4.48. The first-order chi connectivity index (χ1) is 7.29. The maximum Gasteiger partial charge on any atom is 0.321 e. The Hall–Kier alpha value is -0.610. The molecule has 0 saturated carbocycles. The van der Waals surface area contributed by atoms with Crippen molar-refractivity contribution >= 4 is 5.97 Å². The topological polar surface area (TPSA) is 49.8 Å². The van der Waals surface area contributed by atoms with E-state index >= 15 is 0 Å². The van der Waals surface area contributed by atoms with E-state index in [4.69, 9.17) is 4.74 Å². The Morgan fingerprint density at radius 2 is 1.87 bits per heavy atom. The van der Waals surface area contributed by atoms with Gasteiger partial charge in [0.1, 0.15) is 6.04 Å². The van der Waals surface area contributed by atoms with Crippen LogP contribution in [0.25, 0.3) is 0 Å². The predicted octanol–water partition coefficient (Wildman–Crippen LogP) is 0.962. The first-order valence-electron chi connectivity index (χ1n) is 5.83. The van der Waals surface area contributed by atoms with Gasteiger partial charge in [-0.25, -0.2) is 0 Å². The number of carboxylic acid groups (broad SMARTS) is 1. The van der Waals surface area contributed by atoms with Gasteiger partial charge in [-0.15, -0.1) is 0 Å². The van der Waals surface area contributed by atoms with Gasteiger partial charge in [-0.2, -0.15) is 0 Å². The first-order valence-corrected chi connectivity index (χ1v) is 5.83. The molecule has 2 heterocycles. The molecule has 2 fully saturated rings. The third-order valence-electron chi connectivity index (χ3n) is 3.50. The summed E-state index contributed by atoms with van der Waals surface area (Å²) >= 11 is 0. The van der Waals surface area contributed by atoms with E-state index in [2.05, 4.69) is 4.90 Å². The molecule has 0 spiro atoms. The number of rotatable bonds is 3. The van der Waals surface area contributed by atoms with Crippen LogP contribution in [-0.2, 0) is 9.53 Å². The summed E-state index contributed by atoms with van der Waals surface area (Å²) in [6, 6.07) is -0.267. The van der Waals surface area contributed by atoms with Crippen molar-refractivity contribution in [2.75, 3.05) is 26.3 Å². The van der Waals surface area contributed by atoms with Gasteiger partial charge in [0.25, 0.3) is 0 Å². The van der Waals surface area contributed by atoms with Gasteiger partial charge < -0.3 is 9.84 Å². The summed E-state index contributed by atoms with van der Waals surface area (Å²) < 4.78 is 5.28. The van der Waals surface area contributed by atoms with E-state index in [0.717, 1.165) is 52.0 Å². The van der Waals surface area contributed by atoms with Crippen molar-refractivity contribution in [2.45, 2.75) is 31.7 Å². The molecule has 0 aromatic rings. The van der Waals surface area contributed by atoms with Gasteiger partial charge in [0.05, 0.1) is 0 Å². The summed E-state index contributed by atoms with van der Waals surface area (Å²) in [4.78, 5) is 13.4. The molecule has 15 heavy (non-hydrogen) atoms. The SMILES string of the molecule is O=C(O)C(C1CCOCC1)N1CCCC1. The van der Waals surface area contributed by atoms with E-state index < -0.39 is 5.97 Å². The summed E-state index contributed by atoms with van der Waals surface area (Å²) in [7, 11) is 0. The molecule has 0 aromatic carbocycles. The number of hydrogen-bond donors (Lipinski definition) is 1. The fraction of sp³-hybridized carbons (Fsp3) is 0.909. The highest BCUT2D eigenvalue weighted by atomic mass is 16.5. The van der Waals surface area contributed by atoms with E-state index in [1.165, 1.54) is 0 Å². The van der Waals surface area contributed by atoms with Crippen molar-refractivity contribution in [3.8, 4) is 0 Å². The standard InChI is InChI=1S/C11H19NO3/c13-11(14)10(12-5-1-2-6-12)9-3-7-15-8-4-9/h9-10H,1-8H2,(H,13,14). The molecule has 4 heteroatoms. The molecule has 0 bridgehead atoms. The minimum Gasteiger partial charge on any atom is -0.480 e. The molecule has 0 aromatic heterocycles. The Bertz CT molecular complexity index is 220. The fourth-order valence-corrected chi connectivity index (χ4v) is 2.71. The lowest BCUT2D eigenvalue weighted by molar-refractivity contribution is -0.146. The van der Waals surface area contributed by atoms with Crippen LogP contribution in [-0.4, -0.2) is 48.3 Å². The molecule has 86 valence electrons. The third-order valence-corrected chi connectivity index (χ3v) is 3.50. The van der Waals surface area contributed by atoms with Crippen LogP contribution in [0.4, 0.5) is 0 Å². The van der Waals surface area contributed by atoms with Crippen LogP contribution in [0.1, 0.15) is 25.7 Å². The number of ether oxygens (including phenoxy) is 1. The van der Waals surface area contributed by atoms with Gasteiger partial charge in [-0.3, -0.25) is 9.69 Å². The average molecular weight is 213 g/mol. The molecule has 0 amide bonds. The number of aliphatic carboxylic acids is 1. The average Bonchev–Trinajstić information content (AvgIpc) is 2.72. The number of nitrogens with zero attached hydrogens (tertiary/aromatic N) is 1. The molecule has 1 atom stereocenters. The minimum atomic E-state index is -0.649. The van der Waals surface area contributed by atoms with Crippen molar-refractivity contribution in [3.63, 3.8) is 0 Å². The van der Waals surface area contributed by atoms with Gasteiger partial charge in [0, 0.05) is 13.2 Å². The summed E-state index contributed by atoms with van der Waals surface area (Å²) in [6.45, 7) is 3.35. The minimum absolute atomic E-state index is 0.267. The summed E-state index contributed by atoms with van der Waals surface area (Å²) in [5.41, 5.74) is 0. The van der Waals surface area contributed by atoms with Gasteiger partial charge >= 0.3 is 5.97 Å². The van der Waals surface area contributed by atoms with E-state index in [1.54, 1.807) is 0 Å². The lowest BCUT2D eigenvalue weighted by Gasteiger charge is -2.33. The van der Waals surface area contributed by atoms with Crippen molar-refractivity contribution in [3.05, 3.63) is 0 Å². The van der Waals surface area contributed by atoms with Crippen LogP contribution in [0.15, 0.2) is 0 Å². The molecular weight excluding hydrogens is 194 g/mol. The highest BCUT2D eigenvalue weighted by molar-refractivity contribution is 5.74. The second kappa shape index (κ2) is 4.94. The van der Waals surface area contributed by atoms with E-state index in [9.17, 15) is 9.90 Å². The highest BCUT2D eigenvalue weighted by Gasteiger charge is 2.35. The van der Waals surface area contributed by atoms with Crippen LogP contribution >= 0.6 is 0 Å². The summed E-state index contributed by atoms with van der Waals surface area (Å²) in [5.74, 6) is -0.363. The Balaban J connectivity index is 2.00. The van der Waals surface area contributed by atoms with Gasteiger partial charge in [-0.1, -0.05) is 0 Å². The molecule has 1 N–H and O–H groups in total. The van der Waals surface area contributed by atoms with Gasteiger partial charge in [0.15, 0.2) is 0 Å². The Morgan fingerprint density at radius 3 is 2.40 bits per heavy atom. The summed E-state index contributed by atoms with van der Waals surface area (Å²) in [6.07, 6.45) is 4.08. The molecule has 0 aliphatic carbocycles. The molecule has 2 aliphatic rings. The maximum absolute atomic E-state index is 11.3. The fourth-order valence-electron chi connectivity index (χ4n) is 2.71. The van der Waals surface area contributed by atoms with Crippen LogP contribution in [0, 0.1) is 5.92 Å². The first kappa shape index (κ1) is 10.9. The van der Waals surface area contributed by atoms with Crippen LogP contribution in [0.3, 0.4) is 0 Å². The quantitative estimate of drug-likeness (QED) is 0.758. The molecule has 2 rings (SSSR count). The smallest absolute Gasteiger partial charge is 0.321 e. The van der Waals surface area contributed by atoms with Crippen molar-refractivity contribution in [1.29, 1.82) is 0 Å². The molecule has 2 saturated heterocycles. The van der Waals surface area contributed by atoms with Crippen LogP contribution in [0.2, 0.25) is 0 Å². The zero-order valence-corrected chi connectivity index (χ0v) is 9.02. The number of carboxylic acids is 1. The van der Waals surface area contributed by atoms with Gasteiger partial charge in [-0.05, 0) is 44.7 Å². The Kier molecular flexibility index (Phi) is 3.59. The van der Waals surface area contributed by atoms with Crippen molar-refractivity contribution in [2.24, 2.45) is 5.92 Å². The molecule has 2 aliphatic heterocycles. The Labute approximate surface area is 90.2 Å². The predicted molar refractivity (Wildman–Crippen MR) is 55.8 cm³/mol. The number of carbonyl (C=O) groups is 1.